The number of carbonyl (C=O) groups excluding carboxylic acids is 1. The summed E-state index contributed by atoms with van der Waals surface area (Å²) < 4.78 is 12.5. The highest BCUT2D eigenvalue weighted by atomic mass is 32.1. The van der Waals surface area contributed by atoms with Crippen LogP contribution in [0, 0.1) is 0 Å². The largest absolute Gasteiger partial charge is 0.482 e. The van der Waals surface area contributed by atoms with Crippen LogP contribution in [-0.2, 0) is 14.3 Å². The summed E-state index contributed by atoms with van der Waals surface area (Å²) in [7, 11) is 0. The van der Waals surface area contributed by atoms with E-state index in [1.807, 2.05) is 24.3 Å². The first-order valence-corrected chi connectivity index (χ1v) is 12.8. The molecule has 9 heteroatoms. The smallest absolute Gasteiger partial charge is 0.341 e. The molecule has 0 fully saturated rings. The quantitative estimate of drug-likeness (QED) is 0.457. The predicted octanol–water partition coefficient (Wildman–Crippen LogP) is 3.39. The van der Waals surface area contributed by atoms with Gasteiger partial charge in [-0.3, -0.25) is 9.36 Å². The van der Waals surface area contributed by atoms with Crippen LogP contribution in [0.15, 0.2) is 69.6 Å². The number of benzene rings is 2. The molecule has 0 amide bonds. The number of aromatic nitrogens is 1. The summed E-state index contributed by atoms with van der Waals surface area (Å²) in [6.45, 7) is 7.50. The number of carbonyl (C=O) groups is 2. The Hall–Kier alpha value is -3.98. The van der Waals surface area contributed by atoms with Crippen molar-refractivity contribution in [3.63, 3.8) is 0 Å². The van der Waals surface area contributed by atoms with E-state index in [0.29, 0.717) is 32.3 Å². The van der Waals surface area contributed by atoms with Crippen LogP contribution < -0.4 is 19.6 Å². The fraction of sp³-hybridized carbons (Fsp3) is 0.286. The average molecular weight is 521 g/mol. The van der Waals surface area contributed by atoms with Crippen molar-refractivity contribution in [2.45, 2.75) is 39.7 Å². The Bertz CT molecular complexity index is 1530. The Labute approximate surface area is 217 Å². The number of hydrogen-bond donors (Lipinski definition) is 1. The van der Waals surface area contributed by atoms with Gasteiger partial charge in [0, 0.05) is 0 Å². The van der Waals surface area contributed by atoms with E-state index in [-0.39, 0.29) is 12.2 Å². The zero-order valence-electron chi connectivity index (χ0n) is 21.1. The van der Waals surface area contributed by atoms with Crippen LogP contribution in [0.25, 0.3) is 6.08 Å². The van der Waals surface area contributed by atoms with Gasteiger partial charge in [-0.05, 0) is 54.7 Å². The van der Waals surface area contributed by atoms with Gasteiger partial charge in [-0.25, -0.2) is 14.6 Å². The predicted molar refractivity (Wildman–Crippen MR) is 141 cm³/mol. The topological polar surface area (TPSA) is 107 Å². The molecule has 2 heterocycles. The standard InChI is InChI=1S/C28H28N2O6S/c1-5-35-27(34)24-17(4)29-28-30(25(24)20-10-8-19(9-11-20)16(2)3)26(33)22(37-28)14-18-6-12-21(13-7-18)36-15-23(31)32/h6-14,16,25H,5,15H2,1-4H3,(H,31,32). The van der Waals surface area contributed by atoms with Crippen molar-refractivity contribution in [1.82, 2.24) is 4.57 Å². The Morgan fingerprint density at radius 1 is 1.14 bits per heavy atom. The number of hydrogen-bond acceptors (Lipinski definition) is 7. The van der Waals surface area contributed by atoms with E-state index in [9.17, 15) is 14.4 Å². The Morgan fingerprint density at radius 3 is 2.41 bits per heavy atom. The first-order chi connectivity index (χ1) is 17.7. The molecule has 4 rings (SSSR count). The molecule has 0 radical (unpaired) electrons. The molecule has 1 atom stereocenters. The van der Waals surface area contributed by atoms with Crippen molar-refractivity contribution in [2.24, 2.45) is 4.99 Å². The van der Waals surface area contributed by atoms with Crippen LogP contribution in [-0.4, -0.2) is 34.8 Å². The van der Waals surface area contributed by atoms with Crippen LogP contribution >= 0.6 is 11.3 Å². The lowest BCUT2D eigenvalue weighted by Gasteiger charge is -2.25. The monoisotopic (exact) mass is 520 g/mol. The third-order valence-corrected chi connectivity index (χ3v) is 6.96. The maximum Gasteiger partial charge on any atom is 0.341 e. The highest BCUT2D eigenvalue weighted by Crippen LogP contribution is 2.31. The molecule has 0 saturated carbocycles. The van der Waals surface area contributed by atoms with Crippen LogP contribution in [0.5, 0.6) is 5.75 Å². The summed E-state index contributed by atoms with van der Waals surface area (Å²) in [6.07, 6.45) is 1.74. The number of rotatable bonds is 8. The molecule has 3 aromatic rings. The number of carboxylic acid groups (broad SMARTS) is 1. The van der Waals surface area contributed by atoms with Crippen molar-refractivity contribution >= 4 is 29.4 Å². The van der Waals surface area contributed by atoms with Gasteiger partial charge in [0.05, 0.1) is 28.5 Å². The molecule has 0 saturated heterocycles. The zero-order valence-corrected chi connectivity index (χ0v) is 21.9. The van der Waals surface area contributed by atoms with Crippen LogP contribution in [0.1, 0.15) is 56.3 Å². The molecule has 8 nitrogen and oxygen atoms in total. The number of ether oxygens (including phenoxy) is 2. The molecule has 0 spiro atoms. The third-order valence-electron chi connectivity index (χ3n) is 5.98. The van der Waals surface area contributed by atoms with Gasteiger partial charge in [0.2, 0.25) is 0 Å². The molecule has 37 heavy (non-hydrogen) atoms. The maximum atomic E-state index is 13.7. The second kappa shape index (κ2) is 11.0. The summed E-state index contributed by atoms with van der Waals surface area (Å²) >= 11 is 1.25. The normalized spacial score (nSPS) is 15.4. The van der Waals surface area contributed by atoms with Crippen molar-refractivity contribution < 1.29 is 24.2 Å². The molecule has 1 aliphatic heterocycles. The van der Waals surface area contributed by atoms with Gasteiger partial charge in [0.1, 0.15) is 5.75 Å². The van der Waals surface area contributed by atoms with E-state index in [2.05, 4.69) is 18.8 Å². The lowest BCUT2D eigenvalue weighted by molar-refractivity contribution is -0.140. The van der Waals surface area contributed by atoms with E-state index in [1.165, 1.54) is 11.3 Å². The van der Waals surface area contributed by atoms with Gasteiger partial charge in [0.25, 0.3) is 5.56 Å². The van der Waals surface area contributed by atoms with E-state index in [4.69, 9.17) is 14.6 Å². The van der Waals surface area contributed by atoms with E-state index in [0.717, 1.165) is 16.7 Å². The van der Waals surface area contributed by atoms with Crippen LogP contribution in [0.3, 0.4) is 0 Å². The zero-order chi connectivity index (χ0) is 26.7. The number of fused-ring (bicyclic) bond motifs is 1. The second-order valence-corrected chi connectivity index (χ2v) is 9.88. The van der Waals surface area contributed by atoms with Gasteiger partial charge in [-0.1, -0.05) is 61.6 Å². The van der Waals surface area contributed by atoms with Gasteiger partial charge in [-0.15, -0.1) is 0 Å². The Kier molecular flexibility index (Phi) is 7.73. The van der Waals surface area contributed by atoms with Crippen molar-refractivity contribution in [1.29, 1.82) is 0 Å². The number of nitrogens with zero attached hydrogens (tertiary/aromatic N) is 2. The first kappa shape index (κ1) is 26.1. The average Bonchev–Trinajstić information content (AvgIpc) is 3.17. The molecular weight excluding hydrogens is 492 g/mol. The van der Waals surface area contributed by atoms with Crippen molar-refractivity contribution in [3.05, 3.63) is 96.2 Å². The Balaban J connectivity index is 1.81. The fourth-order valence-corrected chi connectivity index (χ4v) is 5.17. The van der Waals surface area contributed by atoms with Gasteiger partial charge in [0.15, 0.2) is 11.4 Å². The summed E-state index contributed by atoms with van der Waals surface area (Å²) in [5.74, 6) is -0.789. The van der Waals surface area contributed by atoms with Crippen LogP contribution in [0.4, 0.5) is 0 Å². The number of carboxylic acids is 1. The minimum Gasteiger partial charge on any atom is -0.482 e. The molecule has 1 aromatic heterocycles. The minimum absolute atomic E-state index is 0.214. The molecular formula is C28H28N2O6S. The lowest BCUT2D eigenvalue weighted by atomic mass is 9.93. The van der Waals surface area contributed by atoms with E-state index < -0.39 is 24.6 Å². The minimum atomic E-state index is -1.06. The molecule has 192 valence electrons. The highest BCUT2D eigenvalue weighted by Gasteiger charge is 2.33. The number of esters is 1. The number of allylic oxidation sites excluding steroid dienone is 1. The number of aliphatic carboxylic acids is 1. The van der Waals surface area contributed by atoms with Crippen molar-refractivity contribution in [3.8, 4) is 5.75 Å². The molecule has 0 bridgehead atoms. The SMILES string of the molecule is CCOC(=O)C1=C(C)N=c2sc(=Cc3ccc(OCC(=O)O)cc3)c(=O)n2C1c1ccc(C(C)C)cc1. The second-order valence-electron chi connectivity index (χ2n) is 8.88. The van der Waals surface area contributed by atoms with E-state index >= 15 is 0 Å². The van der Waals surface area contributed by atoms with Crippen molar-refractivity contribution in [2.75, 3.05) is 13.2 Å². The van der Waals surface area contributed by atoms with Gasteiger partial charge < -0.3 is 14.6 Å². The van der Waals surface area contributed by atoms with E-state index in [1.54, 1.807) is 48.8 Å². The molecule has 1 aliphatic rings. The van der Waals surface area contributed by atoms with Gasteiger partial charge >= 0.3 is 11.9 Å². The lowest BCUT2D eigenvalue weighted by Crippen LogP contribution is -2.39. The Morgan fingerprint density at radius 2 is 1.81 bits per heavy atom. The summed E-state index contributed by atoms with van der Waals surface area (Å²) in [5.41, 5.74) is 3.30. The first-order valence-electron chi connectivity index (χ1n) is 11.9. The third kappa shape index (κ3) is 5.56. The molecule has 1 unspecified atom stereocenters. The summed E-state index contributed by atoms with van der Waals surface area (Å²) in [5, 5.41) is 8.77. The fourth-order valence-electron chi connectivity index (χ4n) is 4.13. The molecule has 2 aromatic carbocycles. The number of thiazole rings is 1. The summed E-state index contributed by atoms with van der Waals surface area (Å²) in [6, 6.07) is 14.0. The highest BCUT2D eigenvalue weighted by molar-refractivity contribution is 7.07. The molecule has 0 aliphatic carbocycles. The van der Waals surface area contributed by atoms with Gasteiger partial charge in [-0.2, -0.15) is 0 Å². The molecule has 1 N–H and O–H groups in total. The summed E-state index contributed by atoms with van der Waals surface area (Å²) in [4.78, 5) is 42.5. The maximum absolute atomic E-state index is 13.7. The van der Waals surface area contributed by atoms with Crippen LogP contribution in [0.2, 0.25) is 0 Å².